The summed E-state index contributed by atoms with van der Waals surface area (Å²) in [6, 6.07) is 32.0. The van der Waals surface area contributed by atoms with E-state index in [9.17, 15) is 8.42 Å². The third-order valence-electron chi connectivity index (χ3n) is 9.56. The molecule has 0 saturated heterocycles. The molecule has 4 nitrogen and oxygen atoms in total. The molecule has 4 aromatic rings. The first-order valence-electron chi connectivity index (χ1n) is 17.2. The average Bonchev–Trinajstić information content (AvgIpc) is 2.95. The van der Waals surface area contributed by atoms with Crippen LogP contribution in [0, 0.1) is 0 Å². The fraction of sp³-hybridized carbons (Fsp3) is 0.429. The third-order valence-corrected chi connectivity index (χ3v) is 16.6. The zero-order chi connectivity index (χ0) is 36.4. The van der Waals surface area contributed by atoms with Gasteiger partial charge in [-0.3, -0.25) is 4.55 Å². The predicted octanol–water partition coefficient (Wildman–Crippen LogP) is 10.8. The van der Waals surface area contributed by atoms with E-state index in [0.29, 0.717) is 24.0 Å². The smallest absolute Gasteiger partial charge is 0.261 e. The quantitative estimate of drug-likeness (QED) is 0.115. The van der Waals surface area contributed by atoms with Crippen LogP contribution >= 0.6 is 7.26 Å². The van der Waals surface area contributed by atoms with Gasteiger partial charge in [-0.05, 0) is 0 Å². The molecule has 4 rings (SSSR count). The first-order valence-corrected chi connectivity index (χ1v) is 21.0. The molecule has 0 spiro atoms. The molecule has 3 N–H and O–H groups in total. The molecular formula is C42H60NO3PS. The van der Waals surface area contributed by atoms with E-state index in [1.54, 1.807) is 0 Å². The number of rotatable bonds is 7. The van der Waals surface area contributed by atoms with Crippen molar-refractivity contribution in [1.29, 1.82) is 0 Å². The van der Waals surface area contributed by atoms with E-state index in [1.807, 2.05) is 12.1 Å². The molecule has 6 heteroatoms. The van der Waals surface area contributed by atoms with Crippen LogP contribution in [0.25, 0.3) is 22.3 Å². The fourth-order valence-corrected chi connectivity index (χ4v) is 15.7. The summed E-state index contributed by atoms with van der Waals surface area (Å²) in [5.74, 6) is 1.31. The molecule has 0 atom stereocenters. The zero-order valence-electron chi connectivity index (χ0n) is 31.6. The minimum absolute atomic E-state index is 0.00510. The normalized spacial score (nSPS) is 13.1. The summed E-state index contributed by atoms with van der Waals surface area (Å²) in [5, 5.41) is 2.98. The Morgan fingerprint density at radius 3 is 1.33 bits per heavy atom. The Morgan fingerprint density at radius 1 is 0.604 bits per heavy atom. The molecule has 0 aliphatic heterocycles. The molecule has 0 saturated carbocycles. The second-order valence-corrected chi connectivity index (χ2v) is 23.2. The van der Waals surface area contributed by atoms with Gasteiger partial charge in [-0.15, -0.1) is 0 Å². The first-order chi connectivity index (χ1) is 22.0. The summed E-state index contributed by atoms with van der Waals surface area (Å²) in [7, 11) is -6.30. The van der Waals surface area contributed by atoms with Gasteiger partial charge in [0.15, 0.2) is 0 Å². The maximum Gasteiger partial charge on any atom is 0.261 e. The topological polar surface area (TPSA) is 80.4 Å². The predicted molar refractivity (Wildman–Crippen MR) is 215 cm³/mol. The largest absolute Gasteiger partial charge is 0.286 e. The van der Waals surface area contributed by atoms with Gasteiger partial charge in [-0.1, -0.05) is 0 Å². The molecule has 0 radical (unpaired) electrons. The summed E-state index contributed by atoms with van der Waals surface area (Å²) in [5.41, 5.74) is 17.2. The Morgan fingerprint density at radius 2 is 0.958 bits per heavy atom. The monoisotopic (exact) mass is 689 g/mol. The summed E-state index contributed by atoms with van der Waals surface area (Å²) in [4.78, 5) is 0. The first kappa shape index (κ1) is 39.5. The van der Waals surface area contributed by atoms with Gasteiger partial charge in [0.25, 0.3) is 10.1 Å². The van der Waals surface area contributed by atoms with Gasteiger partial charge < -0.3 is 0 Å². The van der Waals surface area contributed by atoms with E-state index in [4.69, 9.17) is 10.3 Å². The van der Waals surface area contributed by atoms with Gasteiger partial charge in [0.05, 0.1) is 6.26 Å². The molecule has 0 heterocycles. The van der Waals surface area contributed by atoms with Crippen molar-refractivity contribution in [2.45, 2.75) is 111 Å². The second-order valence-electron chi connectivity index (χ2n) is 16.2. The van der Waals surface area contributed by atoms with Crippen molar-refractivity contribution in [3.63, 3.8) is 0 Å². The van der Waals surface area contributed by atoms with Crippen LogP contribution in [0.1, 0.15) is 118 Å². The van der Waals surface area contributed by atoms with Crippen molar-refractivity contribution in [3.8, 4) is 22.3 Å². The fourth-order valence-electron chi connectivity index (χ4n) is 7.97. The second kappa shape index (κ2) is 14.9. The van der Waals surface area contributed by atoms with Crippen LogP contribution in [0.2, 0.25) is 0 Å². The number of benzene rings is 4. The maximum absolute atomic E-state index is 9.19. The van der Waals surface area contributed by atoms with E-state index in [1.165, 1.54) is 44.0 Å². The average molecular weight is 690 g/mol. The summed E-state index contributed by atoms with van der Waals surface area (Å²) in [6.45, 7) is 29.0. The number of para-hydroxylation sites is 1. The van der Waals surface area contributed by atoms with Gasteiger partial charge in [-0.25, -0.2) is 0 Å². The summed E-state index contributed by atoms with van der Waals surface area (Å²) >= 11 is 0. The summed E-state index contributed by atoms with van der Waals surface area (Å²) in [6.07, 6.45) is 0.715. The van der Waals surface area contributed by atoms with Gasteiger partial charge in [0.2, 0.25) is 0 Å². The molecule has 48 heavy (non-hydrogen) atoms. The SMILES string of the molecule is CC(C)c1cc(C(C)C)c(-c2ccccc2[PH](c2ccccc2-c2ccccc2N)(C(C)(C)C)C(C)(C)C)c(C(C)C)c1.CS(=O)(=O)O. The van der Waals surface area contributed by atoms with E-state index in [0.717, 1.165) is 11.3 Å². The van der Waals surface area contributed by atoms with Gasteiger partial charge in [0, 0.05) is 0 Å². The van der Waals surface area contributed by atoms with Crippen LogP contribution in [0.4, 0.5) is 5.69 Å². The van der Waals surface area contributed by atoms with Crippen molar-refractivity contribution >= 4 is 33.7 Å². The zero-order valence-corrected chi connectivity index (χ0v) is 33.4. The third kappa shape index (κ3) is 8.24. The summed E-state index contributed by atoms with van der Waals surface area (Å²) < 4.78 is 25.9. The standard InChI is InChI=1S/C41H56NP.CH4O3S/c1-27(2)30-25-34(28(3)4)39(35(26-30)29(5)6)33-21-15-18-24-38(33)43(40(7,8)9,41(10,11)12)37-23-17-14-20-32(37)31-19-13-16-22-36(31)42;1-5(2,3)4/h13-29,43H,42H2,1-12H3;1H3,(H,2,3,4). The van der Waals surface area contributed by atoms with Crippen molar-refractivity contribution in [1.82, 2.24) is 0 Å². The van der Waals surface area contributed by atoms with Crippen LogP contribution in [-0.2, 0) is 10.1 Å². The molecular weight excluding hydrogens is 630 g/mol. The molecule has 0 aromatic heterocycles. The van der Waals surface area contributed by atoms with Crippen molar-refractivity contribution in [2.75, 3.05) is 12.0 Å². The van der Waals surface area contributed by atoms with Gasteiger partial charge in [0.1, 0.15) is 0 Å². The van der Waals surface area contributed by atoms with Crippen molar-refractivity contribution < 1.29 is 13.0 Å². The van der Waals surface area contributed by atoms with E-state index in [2.05, 4.69) is 156 Å². The molecule has 262 valence electrons. The Labute approximate surface area is 292 Å². The van der Waals surface area contributed by atoms with Crippen LogP contribution in [0.5, 0.6) is 0 Å². The van der Waals surface area contributed by atoms with Gasteiger partial charge >= 0.3 is 264 Å². The van der Waals surface area contributed by atoms with Crippen molar-refractivity contribution in [2.24, 2.45) is 0 Å². The molecule has 0 unspecified atom stereocenters. The minimum Gasteiger partial charge on any atom is -0.286 e. The number of anilines is 1. The van der Waals surface area contributed by atoms with E-state index < -0.39 is 17.4 Å². The minimum atomic E-state index is -3.67. The molecule has 0 amide bonds. The number of nitrogen functional groups attached to an aromatic ring is 1. The number of nitrogens with two attached hydrogens (primary N) is 1. The Kier molecular flexibility index (Phi) is 12.2. The molecule has 0 fully saturated rings. The molecule has 0 bridgehead atoms. The van der Waals surface area contributed by atoms with Crippen molar-refractivity contribution in [3.05, 3.63) is 102 Å². The number of hydrogen-bond donors (Lipinski definition) is 2. The molecule has 0 aliphatic rings. The molecule has 0 aliphatic carbocycles. The van der Waals surface area contributed by atoms with E-state index in [-0.39, 0.29) is 10.3 Å². The number of hydrogen-bond acceptors (Lipinski definition) is 3. The van der Waals surface area contributed by atoms with E-state index >= 15 is 0 Å². The van der Waals surface area contributed by atoms with Gasteiger partial charge in [-0.2, -0.15) is 8.42 Å². The maximum atomic E-state index is 9.19. The Hall–Kier alpha value is -2.98. The molecule has 4 aromatic carbocycles. The Bertz CT molecular complexity index is 1780. The Balaban J connectivity index is 0.00000116. The van der Waals surface area contributed by atoms with Crippen LogP contribution in [0.15, 0.2) is 84.9 Å². The van der Waals surface area contributed by atoms with Crippen LogP contribution < -0.4 is 16.3 Å². The van der Waals surface area contributed by atoms with Crippen LogP contribution in [0.3, 0.4) is 0 Å². The van der Waals surface area contributed by atoms with Crippen LogP contribution in [-0.4, -0.2) is 29.5 Å².